The number of nitrogens with one attached hydrogen (secondary N) is 1. The maximum atomic E-state index is 12.5. The van der Waals surface area contributed by atoms with Crippen LogP contribution in [0.3, 0.4) is 0 Å². The molecule has 3 N–H and O–H groups in total. The van der Waals surface area contributed by atoms with Gasteiger partial charge in [0.15, 0.2) is 0 Å². The summed E-state index contributed by atoms with van der Waals surface area (Å²) in [4.78, 5) is 0.0660. The van der Waals surface area contributed by atoms with Gasteiger partial charge in [-0.15, -0.1) is 0 Å². The van der Waals surface area contributed by atoms with Crippen LogP contribution in [0.15, 0.2) is 39.7 Å². The summed E-state index contributed by atoms with van der Waals surface area (Å²) in [6, 6.07) is 7.74. The number of rotatable bonds is 3. The van der Waals surface area contributed by atoms with Gasteiger partial charge in [-0.25, -0.2) is 8.42 Å². The van der Waals surface area contributed by atoms with Crippen molar-refractivity contribution in [3.8, 4) is 0 Å². The van der Waals surface area contributed by atoms with Crippen LogP contribution in [0.25, 0.3) is 0 Å². The van der Waals surface area contributed by atoms with E-state index in [2.05, 4.69) is 20.7 Å². The second-order valence-electron chi connectivity index (χ2n) is 4.35. The SMILES string of the molecule is Cc1cc(Cl)c(N)cc1S(=O)(=O)Nc1cccc(Cl)c1Br. The van der Waals surface area contributed by atoms with E-state index in [0.717, 1.165) is 0 Å². The molecule has 2 aromatic carbocycles. The van der Waals surface area contributed by atoms with Crippen molar-refractivity contribution < 1.29 is 8.42 Å². The highest BCUT2D eigenvalue weighted by Gasteiger charge is 2.20. The average molecular weight is 410 g/mol. The van der Waals surface area contributed by atoms with Gasteiger partial charge < -0.3 is 5.73 Å². The molecule has 2 aromatic rings. The van der Waals surface area contributed by atoms with Crippen molar-refractivity contribution in [3.63, 3.8) is 0 Å². The van der Waals surface area contributed by atoms with Gasteiger partial charge in [0, 0.05) is 0 Å². The van der Waals surface area contributed by atoms with E-state index in [-0.39, 0.29) is 10.6 Å². The molecule has 0 bridgehead atoms. The highest BCUT2D eigenvalue weighted by atomic mass is 79.9. The molecule has 0 fully saturated rings. The Morgan fingerprint density at radius 1 is 1.19 bits per heavy atom. The summed E-state index contributed by atoms with van der Waals surface area (Å²) in [6.45, 7) is 1.65. The summed E-state index contributed by atoms with van der Waals surface area (Å²) < 4.78 is 27.9. The number of anilines is 2. The Kier molecular flexibility index (Phi) is 4.72. The summed E-state index contributed by atoms with van der Waals surface area (Å²) in [7, 11) is -3.80. The molecule has 0 aliphatic heterocycles. The lowest BCUT2D eigenvalue weighted by Gasteiger charge is -2.13. The van der Waals surface area contributed by atoms with E-state index in [1.54, 1.807) is 25.1 Å². The average Bonchev–Trinajstić information content (AvgIpc) is 2.39. The molecule has 0 amide bonds. The second-order valence-corrected chi connectivity index (χ2v) is 7.60. The Bertz CT molecular complexity index is 810. The summed E-state index contributed by atoms with van der Waals surface area (Å²) >= 11 is 15.1. The maximum Gasteiger partial charge on any atom is 0.262 e. The van der Waals surface area contributed by atoms with Gasteiger partial charge in [0.05, 0.1) is 30.8 Å². The standard InChI is InChI=1S/C13H11BrCl2N2O2S/c1-7-5-9(16)10(17)6-12(7)21(19,20)18-11-4-2-3-8(15)13(11)14/h2-6,18H,17H2,1H3. The molecule has 0 unspecified atom stereocenters. The van der Waals surface area contributed by atoms with E-state index in [0.29, 0.717) is 25.8 Å². The molecule has 8 heteroatoms. The molecule has 0 aliphatic carbocycles. The molecular formula is C13H11BrCl2N2O2S. The highest BCUT2D eigenvalue weighted by molar-refractivity contribution is 9.10. The third kappa shape index (κ3) is 3.45. The highest BCUT2D eigenvalue weighted by Crippen LogP contribution is 2.33. The third-order valence-corrected chi connectivity index (χ3v) is 6.01. The van der Waals surface area contributed by atoms with Crippen molar-refractivity contribution in [2.24, 2.45) is 0 Å². The summed E-state index contributed by atoms with van der Waals surface area (Å²) in [5.41, 5.74) is 6.72. The Labute approximate surface area is 141 Å². The van der Waals surface area contributed by atoms with E-state index >= 15 is 0 Å². The minimum atomic E-state index is -3.80. The fourth-order valence-electron chi connectivity index (χ4n) is 1.74. The maximum absolute atomic E-state index is 12.5. The van der Waals surface area contributed by atoms with Crippen LogP contribution in [0, 0.1) is 6.92 Å². The minimum Gasteiger partial charge on any atom is -0.397 e. The quantitative estimate of drug-likeness (QED) is 0.735. The number of hydrogen-bond donors (Lipinski definition) is 2. The predicted octanol–water partition coefficient (Wildman–Crippen LogP) is 4.45. The van der Waals surface area contributed by atoms with Crippen LogP contribution in [0.5, 0.6) is 0 Å². The van der Waals surface area contributed by atoms with Crippen LogP contribution < -0.4 is 10.5 Å². The van der Waals surface area contributed by atoms with E-state index < -0.39 is 10.0 Å². The van der Waals surface area contributed by atoms with Crippen molar-refractivity contribution in [1.82, 2.24) is 0 Å². The molecule has 0 radical (unpaired) electrons. The first-order chi connectivity index (χ1) is 9.72. The first-order valence-electron chi connectivity index (χ1n) is 5.75. The van der Waals surface area contributed by atoms with Crippen molar-refractivity contribution in [2.45, 2.75) is 11.8 Å². The number of halogens is 3. The lowest BCUT2D eigenvalue weighted by molar-refractivity contribution is 0.600. The molecular weight excluding hydrogens is 399 g/mol. The van der Waals surface area contributed by atoms with Crippen molar-refractivity contribution in [1.29, 1.82) is 0 Å². The largest absolute Gasteiger partial charge is 0.397 e. The fourth-order valence-corrected chi connectivity index (χ4v) is 3.96. The van der Waals surface area contributed by atoms with Gasteiger partial charge in [-0.2, -0.15) is 0 Å². The Hall–Kier alpha value is -0.950. The molecule has 0 aromatic heterocycles. The van der Waals surface area contributed by atoms with Gasteiger partial charge in [0.25, 0.3) is 10.0 Å². The van der Waals surface area contributed by atoms with Gasteiger partial charge >= 0.3 is 0 Å². The number of nitrogen functional groups attached to an aromatic ring is 1. The molecule has 0 aliphatic rings. The number of hydrogen-bond acceptors (Lipinski definition) is 3. The van der Waals surface area contributed by atoms with Gasteiger partial charge in [0.1, 0.15) is 0 Å². The number of nitrogens with two attached hydrogens (primary N) is 1. The Morgan fingerprint density at radius 3 is 2.52 bits per heavy atom. The van der Waals surface area contributed by atoms with E-state index in [9.17, 15) is 8.42 Å². The molecule has 2 rings (SSSR count). The number of sulfonamides is 1. The van der Waals surface area contributed by atoms with E-state index in [4.69, 9.17) is 28.9 Å². The van der Waals surface area contributed by atoms with Crippen LogP contribution >= 0.6 is 39.1 Å². The van der Waals surface area contributed by atoms with Crippen LogP contribution in [0.4, 0.5) is 11.4 Å². The Morgan fingerprint density at radius 2 is 1.86 bits per heavy atom. The van der Waals surface area contributed by atoms with Crippen molar-refractivity contribution in [2.75, 3.05) is 10.5 Å². The van der Waals surface area contributed by atoms with Gasteiger partial charge in [-0.3, -0.25) is 4.72 Å². The van der Waals surface area contributed by atoms with Gasteiger partial charge in [-0.1, -0.05) is 29.3 Å². The lowest BCUT2D eigenvalue weighted by Crippen LogP contribution is -2.15. The first kappa shape index (κ1) is 16.4. The zero-order valence-electron chi connectivity index (χ0n) is 10.8. The molecule has 21 heavy (non-hydrogen) atoms. The van der Waals surface area contributed by atoms with E-state index in [1.807, 2.05) is 0 Å². The molecule has 0 atom stereocenters. The monoisotopic (exact) mass is 408 g/mol. The molecule has 0 heterocycles. The van der Waals surface area contributed by atoms with E-state index in [1.165, 1.54) is 12.1 Å². The van der Waals surface area contributed by atoms with Gasteiger partial charge in [-0.05, 0) is 52.7 Å². The second kappa shape index (κ2) is 6.04. The smallest absolute Gasteiger partial charge is 0.262 e. The van der Waals surface area contributed by atoms with Crippen LogP contribution in [0.1, 0.15) is 5.56 Å². The number of aryl methyl sites for hydroxylation is 1. The lowest BCUT2D eigenvalue weighted by atomic mass is 10.2. The Balaban J connectivity index is 2.48. The molecule has 0 saturated carbocycles. The van der Waals surface area contributed by atoms with Crippen molar-refractivity contribution in [3.05, 3.63) is 50.4 Å². The minimum absolute atomic E-state index is 0.0660. The van der Waals surface area contributed by atoms with Gasteiger partial charge in [0.2, 0.25) is 0 Å². The molecule has 0 spiro atoms. The van der Waals surface area contributed by atoms with Crippen LogP contribution in [-0.2, 0) is 10.0 Å². The number of benzene rings is 2. The topological polar surface area (TPSA) is 72.2 Å². The fraction of sp³-hybridized carbons (Fsp3) is 0.0769. The summed E-state index contributed by atoms with van der Waals surface area (Å²) in [6.07, 6.45) is 0. The third-order valence-electron chi connectivity index (χ3n) is 2.78. The molecule has 4 nitrogen and oxygen atoms in total. The molecule has 0 saturated heterocycles. The summed E-state index contributed by atoms with van der Waals surface area (Å²) in [5.74, 6) is 0. The van der Waals surface area contributed by atoms with Crippen LogP contribution in [-0.4, -0.2) is 8.42 Å². The normalized spacial score (nSPS) is 11.4. The first-order valence-corrected chi connectivity index (χ1v) is 8.78. The zero-order valence-corrected chi connectivity index (χ0v) is 14.7. The van der Waals surface area contributed by atoms with Crippen molar-refractivity contribution >= 4 is 60.5 Å². The van der Waals surface area contributed by atoms with Crippen LogP contribution in [0.2, 0.25) is 10.0 Å². The predicted molar refractivity (Wildman–Crippen MR) is 90.6 cm³/mol. The zero-order chi connectivity index (χ0) is 15.8. The molecule has 112 valence electrons. The summed E-state index contributed by atoms with van der Waals surface area (Å²) in [5, 5.41) is 0.720.